The van der Waals surface area contributed by atoms with Crippen molar-refractivity contribution < 1.29 is 13.3 Å². The van der Waals surface area contributed by atoms with Gasteiger partial charge in [-0.3, -0.25) is 0 Å². The van der Waals surface area contributed by atoms with Crippen LogP contribution in [0.1, 0.15) is 62.3 Å². The van der Waals surface area contributed by atoms with Gasteiger partial charge in [0.15, 0.2) is 0 Å². The Morgan fingerprint density at radius 1 is 0.600 bits per heavy atom. The highest BCUT2D eigenvalue weighted by Crippen LogP contribution is 2.26. The van der Waals surface area contributed by atoms with E-state index in [4.69, 9.17) is 24.4 Å². The summed E-state index contributed by atoms with van der Waals surface area (Å²) in [5.74, 6) is 0. The lowest BCUT2D eigenvalue weighted by Crippen LogP contribution is -2.45. The highest BCUT2D eigenvalue weighted by Gasteiger charge is 2.43. The maximum atomic E-state index is 6.53. The molecule has 0 aromatic carbocycles. The fourth-order valence-corrected chi connectivity index (χ4v) is 3.59. The van der Waals surface area contributed by atoms with Crippen LogP contribution in [-0.2, 0) is 13.3 Å². The van der Waals surface area contributed by atoms with Crippen molar-refractivity contribution in [2.24, 2.45) is 16.2 Å². The average molecular weight is 325 g/mol. The van der Waals surface area contributed by atoms with E-state index in [2.05, 4.69) is 62.3 Å². The summed E-state index contributed by atoms with van der Waals surface area (Å²) in [6, 6.07) is 0. The molecule has 0 saturated carbocycles. The third kappa shape index (κ3) is 12.2. The van der Waals surface area contributed by atoms with Crippen LogP contribution in [0.2, 0.25) is 0 Å². The number of rotatable bonds is 6. The molecule has 0 atom stereocenters. The van der Waals surface area contributed by atoms with Crippen molar-refractivity contribution in [1.82, 2.24) is 0 Å². The largest absolute Gasteiger partial charge is 0.613 e. The van der Waals surface area contributed by atoms with Crippen molar-refractivity contribution in [2.75, 3.05) is 19.8 Å². The maximum absolute atomic E-state index is 6.53. The number of hydrogen-bond acceptors (Lipinski definition) is 3. The lowest BCUT2D eigenvalue weighted by Gasteiger charge is -2.32. The van der Waals surface area contributed by atoms with Gasteiger partial charge in [-0.05, 0) is 16.2 Å². The first kappa shape index (κ1) is 20.4. The molecule has 20 heavy (non-hydrogen) atoms. The molecule has 0 amide bonds. The molecule has 0 radical (unpaired) electrons. The molecule has 0 unspecified atom stereocenters. The Labute approximate surface area is 131 Å². The predicted molar refractivity (Wildman–Crippen MR) is 87.8 cm³/mol. The van der Waals surface area contributed by atoms with Crippen LogP contribution in [0.4, 0.5) is 0 Å². The standard InChI is InChI=1S/C15H33ClO3Si/c1-13(2,3)10-17-20(16,18-11-14(4,5)6)19-12-15(7,8)9/h10-12H2,1-9H3. The van der Waals surface area contributed by atoms with Gasteiger partial charge in [-0.15, -0.1) is 0 Å². The quantitative estimate of drug-likeness (QED) is 0.516. The molecule has 0 bridgehead atoms. The molecule has 0 aromatic heterocycles. The predicted octanol–water partition coefficient (Wildman–Crippen LogP) is 4.85. The van der Waals surface area contributed by atoms with Crippen LogP contribution in [0.3, 0.4) is 0 Å². The first-order valence-electron chi connectivity index (χ1n) is 7.23. The van der Waals surface area contributed by atoms with E-state index in [-0.39, 0.29) is 16.2 Å². The molecule has 0 aliphatic heterocycles. The summed E-state index contributed by atoms with van der Waals surface area (Å²) >= 11 is 6.53. The Kier molecular flexibility index (Phi) is 7.24. The Morgan fingerprint density at radius 3 is 0.950 bits per heavy atom. The Balaban J connectivity index is 4.66. The number of halogens is 1. The molecule has 0 saturated heterocycles. The van der Waals surface area contributed by atoms with E-state index in [1.54, 1.807) is 0 Å². The van der Waals surface area contributed by atoms with Crippen LogP contribution in [0.25, 0.3) is 0 Å². The normalized spacial score (nSPS) is 14.7. The number of hydrogen-bond donors (Lipinski definition) is 0. The minimum Gasteiger partial charge on any atom is -0.361 e. The molecular weight excluding hydrogens is 292 g/mol. The molecule has 3 nitrogen and oxygen atoms in total. The van der Waals surface area contributed by atoms with Gasteiger partial charge < -0.3 is 13.3 Å². The van der Waals surface area contributed by atoms with Gasteiger partial charge in [0.1, 0.15) is 0 Å². The maximum Gasteiger partial charge on any atom is 0.613 e. The van der Waals surface area contributed by atoms with E-state index in [9.17, 15) is 0 Å². The van der Waals surface area contributed by atoms with Crippen LogP contribution in [0.15, 0.2) is 0 Å². The average Bonchev–Trinajstić information content (AvgIpc) is 2.18. The molecule has 0 heterocycles. The molecule has 0 aliphatic rings. The van der Waals surface area contributed by atoms with Crippen molar-refractivity contribution >= 4 is 19.2 Å². The zero-order valence-corrected chi connectivity index (χ0v) is 16.5. The molecule has 122 valence electrons. The fraction of sp³-hybridized carbons (Fsp3) is 1.00. The second-order valence-electron chi connectivity index (χ2n) is 9.03. The van der Waals surface area contributed by atoms with Gasteiger partial charge in [-0.1, -0.05) is 73.4 Å². The first-order chi connectivity index (χ1) is 8.62. The van der Waals surface area contributed by atoms with Crippen molar-refractivity contribution in [1.29, 1.82) is 0 Å². The molecule has 0 rings (SSSR count). The smallest absolute Gasteiger partial charge is 0.361 e. The monoisotopic (exact) mass is 324 g/mol. The minimum absolute atomic E-state index is 0.0311. The summed E-state index contributed by atoms with van der Waals surface area (Å²) in [4.78, 5) is 0. The van der Waals surface area contributed by atoms with E-state index < -0.39 is 8.11 Å². The molecule has 0 N–H and O–H groups in total. The van der Waals surface area contributed by atoms with E-state index in [0.29, 0.717) is 19.8 Å². The summed E-state index contributed by atoms with van der Waals surface area (Å²) in [5.41, 5.74) is 0.0932. The molecular formula is C15H33ClO3Si. The van der Waals surface area contributed by atoms with Gasteiger partial charge in [0.25, 0.3) is 0 Å². The van der Waals surface area contributed by atoms with Crippen molar-refractivity contribution in [2.45, 2.75) is 62.3 Å². The summed E-state index contributed by atoms with van der Waals surface area (Å²) in [6.45, 7) is 20.5. The third-order valence-electron chi connectivity index (χ3n) is 2.03. The van der Waals surface area contributed by atoms with E-state index in [1.165, 1.54) is 0 Å². The second-order valence-corrected chi connectivity index (χ2v) is 12.2. The van der Waals surface area contributed by atoms with Crippen molar-refractivity contribution in [3.05, 3.63) is 0 Å². The Morgan fingerprint density at radius 2 is 0.800 bits per heavy atom. The van der Waals surface area contributed by atoms with Gasteiger partial charge in [0.05, 0.1) is 0 Å². The summed E-state index contributed by atoms with van der Waals surface area (Å²) in [6.07, 6.45) is 0. The van der Waals surface area contributed by atoms with Gasteiger partial charge in [-0.25, -0.2) is 0 Å². The Hall–Kier alpha value is 0.387. The first-order valence-corrected chi connectivity index (χ1v) is 9.96. The highest BCUT2D eigenvalue weighted by atomic mass is 35.6. The third-order valence-corrected chi connectivity index (χ3v) is 4.48. The van der Waals surface area contributed by atoms with Crippen molar-refractivity contribution in [3.8, 4) is 0 Å². The summed E-state index contributed by atoms with van der Waals surface area (Å²) in [5, 5.41) is 0. The minimum atomic E-state index is -3.11. The van der Waals surface area contributed by atoms with Gasteiger partial charge in [0.2, 0.25) is 0 Å². The lowest BCUT2D eigenvalue weighted by atomic mass is 9.99. The van der Waals surface area contributed by atoms with Gasteiger partial charge in [-0.2, -0.15) is 0 Å². The topological polar surface area (TPSA) is 27.7 Å². The van der Waals surface area contributed by atoms with Crippen LogP contribution >= 0.6 is 11.1 Å². The van der Waals surface area contributed by atoms with Crippen LogP contribution in [-0.4, -0.2) is 27.9 Å². The summed E-state index contributed by atoms with van der Waals surface area (Å²) < 4.78 is 17.5. The summed E-state index contributed by atoms with van der Waals surface area (Å²) in [7, 11) is -3.11. The van der Waals surface area contributed by atoms with Gasteiger partial charge >= 0.3 is 8.11 Å². The molecule has 0 spiro atoms. The SMILES string of the molecule is CC(C)(C)CO[Si](Cl)(OCC(C)(C)C)OCC(C)(C)C. The highest BCUT2D eigenvalue weighted by molar-refractivity contribution is 7.09. The fourth-order valence-electron chi connectivity index (χ4n) is 1.03. The zero-order valence-electron chi connectivity index (χ0n) is 14.7. The van der Waals surface area contributed by atoms with E-state index in [0.717, 1.165) is 0 Å². The lowest BCUT2D eigenvalue weighted by molar-refractivity contribution is 0.0211. The van der Waals surface area contributed by atoms with Crippen LogP contribution in [0, 0.1) is 16.2 Å². The van der Waals surface area contributed by atoms with Crippen LogP contribution in [0.5, 0.6) is 0 Å². The molecule has 0 aromatic rings. The molecule has 5 heteroatoms. The molecule has 0 fully saturated rings. The molecule has 0 aliphatic carbocycles. The van der Waals surface area contributed by atoms with Crippen molar-refractivity contribution in [3.63, 3.8) is 0 Å². The van der Waals surface area contributed by atoms with E-state index in [1.807, 2.05) is 0 Å². The zero-order chi connectivity index (χ0) is 16.2. The van der Waals surface area contributed by atoms with E-state index >= 15 is 0 Å². The Bertz CT molecular complexity index is 241. The van der Waals surface area contributed by atoms with Gasteiger partial charge in [0, 0.05) is 19.8 Å². The van der Waals surface area contributed by atoms with Crippen LogP contribution < -0.4 is 0 Å². The second kappa shape index (κ2) is 7.10.